The van der Waals surface area contributed by atoms with E-state index in [1.165, 1.54) is 11.1 Å². The molecule has 2 fully saturated rings. The van der Waals surface area contributed by atoms with Crippen molar-refractivity contribution >= 4 is 18.0 Å². The molecule has 0 radical (unpaired) electrons. The SMILES string of the molecule is CC1CCN(C(=O)N[C@@H]2CCc3c(-c4noc(-c5ccc(OC(C)C)c(C#N)c5)n4)cccc32)CC1.CC1CCN(C(=O)N[C@H]2CCc3c(-c4noc(-c5ccc(OC(C)C)c(C#N)c5)n4)cccc32)CC1.CCCN(C(C)=O)[C@@H]1CCc2c(-c3noc(-c4ccc(OC(C)C)c(C#N)c4)n3)cccc21.CCCN(CC)[C@@H]1CCc2c(-c3noc(-c4ccc(OC(C)C)c(C#N)c4)n3)cccc21. The molecule has 708 valence electrons. The van der Waals surface area contributed by atoms with Gasteiger partial charge in [-0.3, -0.25) is 9.69 Å². The lowest BCUT2D eigenvalue weighted by atomic mass is 9.99. The Labute approximate surface area is 800 Å². The smallest absolute Gasteiger partial charge is 0.317 e. The molecule has 0 bridgehead atoms. The maximum absolute atomic E-state index is 12.9. The number of fused-ring (bicyclic) bond motifs is 4. The number of ether oxygens (including phenoxy) is 4. The predicted molar refractivity (Wildman–Crippen MR) is 519 cm³/mol. The first-order valence-corrected chi connectivity index (χ1v) is 48.1. The molecule has 18 rings (SSSR count). The lowest BCUT2D eigenvalue weighted by Crippen LogP contribution is -2.45. The van der Waals surface area contributed by atoms with Crippen LogP contribution in [0, 0.1) is 57.2 Å². The van der Waals surface area contributed by atoms with Crippen LogP contribution in [0.4, 0.5) is 9.59 Å². The highest BCUT2D eigenvalue weighted by atomic mass is 16.5. The predicted octanol–water partition coefficient (Wildman–Crippen LogP) is 22.1. The lowest BCUT2D eigenvalue weighted by molar-refractivity contribution is -0.131. The molecule has 137 heavy (non-hydrogen) atoms. The van der Waals surface area contributed by atoms with Crippen molar-refractivity contribution in [3.05, 3.63) is 212 Å². The van der Waals surface area contributed by atoms with Crippen molar-refractivity contribution in [1.82, 2.24) is 70.8 Å². The minimum absolute atomic E-state index is 0.00656. The number of rotatable bonds is 25. The van der Waals surface area contributed by atoms with E-state index in [0.29, 0.717) is 132 Å². The molecular formula is C108H120N18O11. The van der Waals surface area contributed by atoms with E-state index in [1.54, 1.807) is 55.5 Å². The fourth-order valence-corrected chi connectivity index (χ4v) is 19.1. The van der Waals surface area contributed by atoms with Crippen molar-refractivity contribution in [1.29, 1.82) is 21.0 Å². The van der Waals surface area contributed by atoms with E-state index in [1.807, 2.05) is 131 Å². The summed E-state index contributed by atoms with van der Waals surface area (Å²) in [5.41, 5.74) is 17.7. The fourth-order valence-electron chi connectivity index (χ4n) is 19.1. The Bertz CT molecular complexity index is 6280. The third-order valence-corrected chi connectivity index (χ3v) is 25.9. The molecule has 2 aliphatic heterocycles. The summed E-state index contributed by atoms with van der Waals surface area (Å²) in [6, 6.07) is 55.0. The van der Waals surface area contributed by atoms with Crippen molar-refractivity contribution < 1.29 is 51.4 Å². The standard InChI is InChI=1S/2C28H31N5O3.C26H28N4O3.C26H30N4O2/c2*1-17(2)35-25-10-7-19(15-20(25)16-29)27-31-26(32-36-27)23-6-4-5-22-21(23)8-9-24(22)30-28(34)33-13-11-18(3)12-14-33;1-5-13-30(17(4)31)23-11-10-20-21(23)7-6-8-22(20)25-28-26(33-29-25)18-9-12-24(32-16(2)3)19(14-18)15-27;1-5-14-30(6-2)23-12-11-20-21(23)8-7-9-22(20)25-28-26(32-29-25)18-10-13-24(31-17(3)4)19(15-18)16-27/h2*4-7,10,15,17-18,24H,8-9,11-14H2,1-3H3,(H,30,34);6-9,12,14,16,23H,5,10-11,13H2,1-4H3;7-10,13,15,17,23H,5-6,11-12,14H2,1-4H3/t2*24-;2*23-/m1011/s1. The number of carbonyl (C=O) groups is 3. The first-order chi connectivity index (χ1) is 66.3. The molecule has 0 unspecified atom stereocenters. The number of likely N-dealkylation sites (tertiary alicyclic amines) is 2. The van der Waals surface area contributed by atoms with Crippen molar-refractivity contribution in [2.24, 2.45) is 11.8 Å². The van der Waals surface area contributed by atoms with Gasteiger partial charge < -0.3 is 62.4 Å². The van der Waals surface area contributed by atoms with Gasteiger partial charge in [0.05, 0.1) is 64.8 Å². The largest absolute Gasteiger partial charge is 0.490 e. The van der Waals surface area contributed by atoms with Gasteiger partial charge >= 0.3 is 12.1 Å². The van der Waals surface area contributed by atoms with Crippen LogP contribution in [-0.4, -0.2) is 148 Å². The third kappa shape index (κ3) is 22.5. The molecular weight excluding hydrogens is 1730 g/mol. The Morgan fingerprint density at radius 3 is 0.985 bits per heavy atom. The van der Waals surface area contributed by atoms with E-state index in [0.717, 1.165) is 191 Å². The maximum Gasteiger partial charge on any atom is 0.317 e. The number of urea groups is 2. The summed E-state index contributed by atoms with van der Waals surface area (Å²) >= 11 is 0. The van der Waals surface area contributed by atoms with Crippen LogP contribution >= 0.6 is 0 Å². The molecule has 12 aromatic rings. The molecule has 4 aromatic heterocycles. The number of amides is 5. The molecule has 4 aliphatic carbocycles. The molecule has 0 saturated carbocycles. The molecule has 0 spiro atoms. The van der Waals surface area contributed by atoms with Gasteiger partial charge in [-0.25, -0.2) is 9.59 Å². The van der Waals surface area contributed by atoms with Crippen LogP contribution in [0.5, 0.6) is 23.0 Å². The van der Waals surface area contributed by atoms with E-state index >= 15 is 0 Å². The Balaban J connectivity index is 0.000000139. The summed E-state index contributed by atoms with van der Waals surface area (Å²) in [4.78, 5) is 64.9. The molecule has 5 amide bonds. The quantitative estimate of drug-likeness (QED) is 0.0536. The minimum Gasteiger partial charge on any atom is -0.490 e. The Morgan fingerprint density at radius 2 is 0.693 bits per heavy atom. The number of benzene rings is 8. The van der Waals surface area contributed by atoms with E-state index in [9.17, 15) is 35.4 Å². The van der Waals surface area contributed by atoms with Gasteiger partial charge in [0.25, 0.3) is 23.6 Å². The monoisotopic (exact) mass is 1840 g/mol. The fraction of sp³-hybridized carbons (Fsp3) is 0.417. The van der Waals surface area contributed by atoms with Gasteiger partial charge in [0.2, 0.25) is 29.2 Å². The summed E-state index contributed by atoms with van der Waals surface area (Å²) in [5.74, 6) is 7.16. The minimum atomic E-state index is -0.0321. The molecule has 2 saturated heterocycles. The lowest BCUT2D eigenvalue weighted by Gasteiger charge is -2.31. The van der Waals surface area contributed by atoms with E-state index in [-0.39, 0.29) is 60.5 Å². The number of nitriles is 4. The average Bonchev–Trinajstić information content (AvgIpc) is 1.64. The van der Waals surface area contributed by atoms with Crippen LogP contribution in [0.2, 0.25) is 0 Å². The molecule has 6 aliphatic rings. The van der Waals surface area contributed by atoms with E-state index in [4.69, 9.17) is 37.0 Å². The summed E-state index contributed by atoms with van der Waals surface area (Å²) in [5, 5.41) is 61.6. The van der Waals surface area contributed by atoms with E-state index < -0.39 is 0 Å². The zero-order valence-corrected chi connectivity index (χ0v) is 80.6. The number of nitrogens with one attached hydrogen (secondary N) is 2. The Morgan fingerprint density at radius 1 is 0.401 bits per heavy atom. The summed E-state index contributed by atoms with van der Waals surface area (Å²) in [6.45, 7) is 34.2. The Hall–Kier alpha value is -14.6. The van der Waals surface area contributed by atoms with Gasteiger partial charge in [0, 0.05) is 90.2 Å². The second-order valence-electron chi connectivity index (χ2n) is 37.0. The highest BCUT2D eigenvalue weighted by molar-refractivity contribution is 5.79. The number of carbonyl (C=O) groups excluding carboxylic acids is 3. The van der Waals surface area contributed by atoms with Gasteiger partial charge in [0.15, 0.2) is 0 Å². The molecule has 8 aromatic carbocycles. The van der Waals surface area contributed by atoms with Gasteiger partial charge in [-0.2, -0.15) is 41.0 Å². The first-order valence-electron chi connectivity index (χ1n) is 48.1. The van der Waals surface area contributed by atoms with Gasteiger partial charge in [-0.15, -0.1) is 0 Å². The van der Waals surface area contributed by atoms with Gasteiger partial charge in [-0.05, 0) is 288 Å². The average molecular weight is 1850 g/mol. The summed E-state index contributed by atoms with van der Waals surface area (Å²) in [7, 11) is 0. The number of aromatic nitrogens is 8. The second kappa shape index (κ2) is 44.3. The van der Waals surface area contributed by atoms with Crippen molar-refractivity contribution in [2.75, 3.05) is 45.8 Å². The number of hydrogen-bond acceptors (Lipinski definition) is 24. The topological polar surface area (TPSA) is 376 Å². The molecule has 2 N–H and O–H groups in total. The van der Waals surface area contributed by atoms with Crippen LogP contribution in [0.1, 0.15) is 252 Å². The van der Waals surface area contributed by atoms with Gasteiger partial charge in [0.1, 0.15) is 47.3 Å². The van der Waals surface area contributed by atoms with Crippen LogP contribution in [0.25, 0.3) is 91.4 Å². The van der Waals surface area contributed by atoms with Crippen molar-refractivity contribution in [2.45, 2.75) is 235 Å². The Kier molecular flexibility index (Phi) is 31.4. The van der Waals surface area contributed by atoms with Crippen molar-refractivity contribution in [3.8, 4) is 139 Å². The molecule has 4 atom stereocenters. The number of nitrogens with zero attached hydrogens (tertiary/aromatic N) is 16. The normalized spacial score (nSPS) is 16.4. The summed E-state index contributed by atoms with van der Waals surface area (Å²) < 4.78 is 45.1. The highest BCUT2D eigenvalue weighted by Gasteiger charge is 2.37. The van der Waals surface area contributed by atoms with Crippen LogP contribution in [-0.2, 0) is 30.5 Å². The highest BCUT2D eigenvalue weighted by Crippen LogP contribution is 2.46. The second-order valence-corrected chi connectivity index (χ2v) is 37.0. The van der Waals surface area contributed by atoms with Gasteiger partial charge in [-0.1, -0.05) is 128 Å². The molecule has 29 nitrogen and oxygen atoms in total. The first kappa shape index (κ1) is 97.0. The maximum atomic E-state index is 12.9. The van der Waals surface area contributed by atoms with Crippen LogP contribution < -0.4 is 29.6 Å². The molecule has 6 heterocycles. The zero-order valence-electron chi connectivity index (χ0n) is 80.6. The zero-order chi connectivity index (χ0) is 96.7. The molecule has 29 heteroatoms. The number of piperidine rings is 2. The van der Waals surface area contributed by atoms with Crippen molar-refractivity contribution in [3.63, 3.8) is 0 Å². The number of hydrogen-bond donors (Lipinski definition) is 2. The van der Waals surface area contributed by atoms with Crippen LogP contribution in [0.15, 0.2) is 164 Å². The third-order valence-electron chi connectivity index (χ3n) is 25.9. The van der Waals surface area contributed by atoms with Crippen LogP contribution in [0.3, 0.4) is 0 Å². The summed E-state index contributed by atoms with van der Waals surface area (Å²) in [6.07, 6.45) is 13.4. The van der Waals surface area contributed by atoms with E-state index in [2.05, 4.69) is 151 Å².